The summed E-state index contributed by atoms with van der Waals surface area (Å²) in [6.45, 7) is 0. The molecule has 2 aromatic rings. The molecule has 2 aromatic carbocycles. The zero-order chi connectivity index (χ0) is 15.4. The molecule has 112 valence electrons. The fourth-order valence-electron chi connectivity index (χ4n) is 2.57. The Morgan fingerprint density at radius 1 is 1.14 bits per heavy atom. The van der Waals surface area contributed by atoms with E-state index in [2.05, 4.69) is 29.7 Å². The number of methoxy groups -OCH3 is 1. The molecule has 1 aliphatic rings. The number of rotatable bonds is 4. The molecule has 0 radical (unpaired) electrons. The van der Waals surface area contributed by atoms with Crippen LogP contribution >= 0.6 is 23.4 Å². The first-order chi connectivity index (χ1) is 10.8. The summed E-state index contributed by atoms with van der Waals surface area (Å²) < 4.78 is 5.54. The Balaban J connectivity index is 2.15. The zero-order valence-electron chi connectivity index (χ0n) is 12.3. The maximum atomic E-state index is 6.44. The van der Waals surface area contributed by atoms with Crippen LogP contribution in [0.4, 0.5) is 0 Å². The molecule has 1 aliphatic heterocycles. The van der Waals surface area contributed by atoms with E-state index < -0.39 is 0 Å². The highest BCUT2D eigenvalue weighted by molar-refractivity contribution is 8.02. The minimum atomic E-state index is 0.418. The summed E-state index contributed by atoms with van der Waals surface area (Å²) >= 11 is 8.28. The summed E-state index contributed by atoms with van der Waals surface area (Å²) in [6.07, 6.45) is 4.52. The SMILES string of the molecule is COc1ccccc1C(=CC1C=CSC1)c1ccccc1Cl. The minimum Gasteiger partial charge on any atom is -0.496 e. The van der Waals surface area contributed by atoms with Crippen molar-refractivity contribution in [3.05, 3.63) is 82.2 Å². The molecule has 1 heterocycles. The molecule has 0 saturated heterocycles. The third kappa shape index (κ3) is 3.23. The van der Waals surface area contributed by atoms with Crippen molar-refractivity contribution in [2.45, 2.75) is 0 Å². The van der Waals surface area contributed by atoms with Crippen LogP contribution in [0.25, 0.3) is 5.57 Å². The Labute approximate surface area is 140 Å². The molecule has 1 nitrogen and oxygen atoms in total. The molecule has 0 amide bonds. The lowest BCUT2D eigenvalue weighted by Gasteiger charge is -2.15. The lowest BCUT2D eigenvalue weighted by molar-refractivity contribution is 0.413. The number of hydrogen-bond acceptors (Lipinski definition) is 2. The molecule has 0 N–H and O–H groups in total. The molecular weight excluding hydrogens is 312 g/mol. The number of para-hydroxylation sites is 1. The van der Waals surface area contributed by atoms with Crippen molar-refractivity contribution in [2.24, 2.45) is 5.92 Å². The second-order valence-corrected chi connectivity index (χ2v) is 6.43. The highest BCUT2D eigenvalue weighted by atomic mass is 35.5. The minimum absolute atomic E-state index is 0.418. The van der Waals surface area contributed by atoms with Crippen LogP contribution in [0.5, 0.6) is 5.75 Å². The van der Waals surface area contributed by atoms with Gasteiger partial charge in [-0.25, -0.2) is 0 Å². The average Bonchev–Trinajstić information content (AvgIpc) is 3.06. The van der Waals surface area contributed by atoms with Crippen LogP contribution in [0.1, 0.15) is 11.1 Å². The van der Waals surface area contributed by atoms with Crippen molar-refractivity contribution >= 4 is 28.9 Å². The molecule has 0 saturated carbocycles. The molecule has 0 fully saturated rings. The molecule has 0 aliphatic carbocycles. The number of thioether (sulfide) groups is 1. The summed E-state index contributed by atoms with van der Waals surface area (Å²) in [5.41, 5.74) is 3.24. The molecular formula is C19H17ClOS. The molecule has 1 unspecified atom stereocenters. The van der Waals surface area contributed by atoms with Crippen LogP contribution in [0.2, 0.25) is 5.02 Å². The number of allylic oxidation sites excluding steroid dienone is 2. The largest absolute Gasteiger partial charge is 0.496 e. The van der Waals surface area contributed by atoms with Crippen LogP contribution in [-0.4, -0.2) is 12.9 Å². The normalized spacial score (nSPS) is 17.7. The second-order valence-electron chi connectivity index (χ2n) is 5.09. The van der Waals surface area contributed by atoms with Crippen molar-refractivity contribution in [2.75, 3.05) is 12.9 Å². The van der Waals surface area contributed by atoms with Crippen LogP contribution in [0.15, 0.2) is 66.1 Å². The molecule has 3 heteroatoms. The second kappa shape index (κ2) is 7.08. The Kier molecular flexibility index (Phi) is 4.91. The summed E-state index contributed by atoms with van der Waals surface area (Å²) in [4.78, 5) is 0. The van der Waals surface area contributed by atoms with Gasteiger partial charge in [-0.2, -0.15) is 0 Å². The topological polar surface area (TPSA) is 9.23 Å². The summed E-state index contributed by atoms with van der Waals surface area (Å²) in [5.74, 6) is 2.35. The summed E-state index contributed by atoms with van der Waals surface area (Å²) in [5, 5.41) is 2.92. The van der Waals surface area contributed by atoms with E-state index in [-0.39, 0.29) is 0 Å². The van der Waals surface area contributed by atoms with Crippen LogP contribution in [0, 0.1) is 5.92 Å². The quantitative estimate of drug-likeness (QED) is 0.716. The number of hydrogen-bond donors (Lipinski definition) is 0. The number of ether oxygens (including phenoxy) is 1. The van der Waals surface area contributed by atoms with E-state index in [4.69, 9.17) is 16.3 Å². The third-order valence-corrected chi connectivity index (χ3v) is 4.91. The van der Waals surface area contributed by atoms with Gasteiger partial charge in [-0.3, -0.25) is 0 Å². The Bertz CT molecular complexity index is 721. The first-order valence-corrected chi connectivity index (χ1v) is 8.60. The standard InChI is InChI=1S/C19H17ClOS/c1-21-19-9-5-3-7-16(19)17(12-14-10-11-22-13-14)15-6-2-4-8-18(15)20/h2-12,14H,13H2,1H3. The Morgan fingerprint density at radius 2 is 1.86 bits per heavy atom. The van der Waals surface area contributed by atoms with Gasteiger partial charge < -0.3 is 4.74 Å². The van der Waals surface area contributed by atoms with Crippen molar-refractivity contribution in [1.29, 1.82) is 0 Å². The lowest BCUT2D eigenvalue weighted by Crippen LogP contribution is -1.98. The van der Waals surface area contributed by atoms with E-state index in [0.29, 0.717) is 5.92 Å². The highest BCUT2D eigenvalue weighted by Gasteiger charge is 2.16. The van der Waals surface area contributed by atoms with E-state index in [0.717, 1.165) is 33.2 Å². The maximum Gasteiger partial charge on any atom is 0.126 e. The van der Waals surface area contributed by atoms with Gasteiger partial charge in [0.05, 0.1) is 7.11 Å². The van der Waals surface area contributed by atoms with Gasteiger partial charge in [0, 0.05) is 27.8 Å². The lowest BCUT2D eigenvalue weighted by atomic mass is 9.93. The third-order valence-electron chi connectivity index (χ3n) is 3.65. The zero-order valence-corrected chi connectivity index (χ0v) is 13.9. The van der Waals surface area contributed by atoms with Gasteiger partial charge in [-0.15, -0.1) is 11.8 Å². The predicted octanol–water partition coefficient (Wildman–Crippen LogP) is 5.66. The molecule has 0 aromatic heterocycles. The van der Waals surface area contributed by atoms with E-state index in [1.165, 1.54) is 0 Å². The van der Waals surface area contributed by atoms with Gasteiger partial charge in [0.25, 0.3) is 0 Å². The fourth-order valence-corrected chi connectivity index (χ4v) is 3.66. The van der Waals surface area contributed by atoms with E-state index in [1.807, 2.05) is 48.2 Å². The van der Waals surface area contributed by atoms with Crippen LogP contribution in [-0.2, 0) is 0 Å². The van der Waals surface area contributed by atoms with Gasteiger partial charge in [0.2, 0.25) is 0 Å². The van der Waals surface area contributed by atoms with Gasteiger partial charge in [0.15, 0.2) is 0 Å². The van der Waals surface area contributed by atoms with Gasteiger partial charge >= 0.3 is 0 Å². The van der Waals surface area contributed by atoms with Crippen LogP contribution in [0.3, 0.4) is 0 Å². The Morgan fingerprint density at radius 3 is 2.55 bits per heavy atom. The van der Waals surface area contributed by atoms with Crippen molar-refractivity contribution < 1.29 is 4.74 Å². The van der Waals surface area contributed by atoms with E-state index >= 15 is 0 Å². The first-order valence-electron chi connectivity index (χ1n) is 7.18. The molecule has 0 spiro atoms. The monoisotopic (exact) mass is 328 g/mol. The fraction of sp³-hybridized carbons (Fsp3) is 0.158. The predicted molar refractivity (Wildman–Crippen MR) is 96.6 cm³/mol. The van der Waals surface area contributed by atoms with E-state index in [9.17, 15) is 0 Å². The van der Waals surface area contributed by atoms with Gasteiger partial charge in [-0.1, -0.05) is 60.2 Å². The average molecular weight is 329 g/mol. The summed E-state index contributed by atoms with van der Waals surface area (Å²) in [6, 6.07) is 16.0. The highest BCUT2D eigenvalue weighted by Crippen LogP contribution is 2.36. The molecule has 0 bridgehead atoms. The first kappa shape index (κ1) is 15.3. The van der Waals surface area contributed by atoms with Gasteiger partial charge in [0.1, 0.15) is 5.75 Å². The Hall–Kier alpha value is -1.64. The molecule has 22 heavy (non-hydrogen) atoms. The van der Waals surface area contributed by atoms with Gasteiger partial charge in [-0.05, 0) is 23.1 Å². The summed E-state index contributed by atoms with van der Waals surface area (Å²) in [7, 11) is 1.70. The van der Waals surface area contributed by atoms with Crippen molar-refractivity contribution in [3.63, 3.8) is 0 Å². The van der Waals surface area contributed by atoms with Crippen molar-refractivity contribution in [1.82, 2.24) is 0 Å². The smallest absolute Gasteiger partial charge is 0.126 e. The number of benzene rings is 2. The molecule has 3 rings (SSSR count). The number of halogens is 1. The maximum absolute atomic E-state index is 6.44. The molecule has 1 atom stereocenters. The van der Waals surface area contributed by atoms with Crippen molar-refractivity contribution in [3.8, 4) is 5.75 Å². The van der Waals surface area contributed by atoms with E-state index in [1.54, 1.807) is 7.11 Å². The van der Waals surface area contributed by atoms with Crippen LogP contribution < -0.4 is 4.74 Å².